The molecule has 2 rings (SSSR count). The van der Waals surface area contributed by atoms with E-state index in [0.717, 1.165) is 38.4 Å². The van der Waals surface area contributed by atoms with Gasteiger partial charge in [0.05, 0.1) is 20.3 Å². The average molecular weight is 371 g/mol. The Kier molecular flexibility index (Phi) is 6.48. The molecule has 0 atom stereocenters. The SMILES string of the molecule is COc1ccc(C)cc1S(=O)(=O)N(C)CC(C)(C)CN1CCOCC1. The Bertz CT molecular complexity index is 682. The Balaban J connectivity index is 2.15. The van der Waals surface area contributed by atoms with Gasteiger partial charge in [-0.25, -0.2) is 12.7 Å². The molecular weight excluding hydrogens is 340 g/mol. The lowest BCUT2D eigenvalue weighted by Crippen LogP contribution is -2.46. The van der Waals surface area contributed by atoms with Crippen LogP contribution in [0.3, 0.4) is 0 Å². The highest BCUT2D eigenvalue weighted by atomic mass is 32.2. The Morgan fingerprint density at radius 1 is 1.28 bits per heavy atom. The summed E-state index contributed by atoms with van der Waals surface area (Å²) < 4.78 is 38.2. The number of hydrogen-bond acceptors (Lipinski definition) is 5. The second-order valence-electron chi connectivity index (χ2n) is 7.47. The van der Waals surface area contributed by atoms with Gasteiger partial charge in [-0.2, -0.15) is 0 Å². The molecule has 0 spiro atoms. The minimum absolute atomic E-state index is 0.170. The zero-order valence-electron chi connectivity index (χ0n) is 15.9. The molecule has 1 saturated heterocycles. The van der Waals surface area contributed by atoms with Gasteiger partial charge in [-0.1, -0.05) is 19.9 Å². The van der Waals surface area contributed by atoms with Gasteiger partial charge in [-0.3, -0.25) is 4.90 Å². The Morgan fingerprint density at radius 2 is 1.92 bits per heavy atom. The van der Waals surface area contributed by atoms with Crippen molar-refractivity contribution in [3.8, 4) is 5.75 Å². The summed E-state index contributed by atoms with van der Waals surface area (Å²) in [4.78, 5) is 2.55. The van der Waals surface area contributed by atoms with Gasteiger partial charge in [0.1, 0.15) is 10.6 Å². The summed E-state index contributed by atoms with van der Waals surface area (Å²) in [6, 6.07) is 5.22. The van der Waals surface area contributed by atoms with E-state index in [2.05, 4.69) is 18.7 Å². The molecule has 1 aliphatic rings. The maximum atomic E-state index is 13.0. The molecule has 1 aromatic rings. The van der Waals surface area contributed by atoms with Crippen molar-refractivity contribution in [3.63, 3.8) is 0 Å². The highest BCUT2D eigenvalue weighted by Gasteiger charge is 2.31. The molecule has 0 aliphatic carbocycles. The van der Waals surface area contributed by atoms with Crippen molar-refractivity contribution in [1.29, 1.82) is 0 Å². The van der Waals surface area contributed by atoms with E-state index in [4.69, 9.17) is 9.47 Å². The number of morpholine rings is 1. The van der Waals surface area contributed by atoms with Crippen LogP contribution >= 0.6 is 0 Å². The quantitative estimate of drug-likeness (QED) is 0.735. The molecule has 6 nitrogen and oxygen atoms in total. The average Bonchev–Trinajstić information content (AvgIpc) is 2.54. The maximum absolute atomic E-state index is 13.0. The van der Waals surface area contributed by atoms with E-state index in [1.807, 2.05) is 13.0 Å². The van der Waals surface area contributed by atoms with Gasteiger partial charge in [0.2, 0.25) is 10.0 Å². The van der Waals surface area contributed by atoms with Crippen molar-refractivity contribution in [3.05, 3.63) is 23.8 Å². The second-order valence-corrected chi connectivity index (χ2v) is 9.48. The highest BCUT2D eigenvalue weighted by molar-refractivity contribution is 7.89. The van der Waals surface area contributed by atoms with Crippen LogP contribution in [0.5, 0.6) is 5.75 Å². The van der Waals surface area contributed by atoms with Crippen LogP contribution in [0.2, 0.25) is 0 Å². The lowest BCUT2D eigenvalue weighted by molar-refractivity contribution is 0.0193. The van der Waals surface area contributed by atoms with Crippen LogP contribution in [0.15, 0.2) is 23.1 Å². The van der Waals surface area contributed by atoms with E-state index in [1.54, 1.807) is 19.2 Å². The van der Waals surface area contributed by atoms with Gasteiger partial charge < -0.3 is 9.47 Å². The first-order chi connectivity index (χ1) is 11.7. The molecule has 1 aliphatic heterocycles. The molecule has 0 N–H and O–H groups in total. The summed E-state index contributed by atoms with van der Waals surface area (Å²) in [6.45, 7) is 10.6. The summed E-state index contributed by atoms with van der Waals surface area (Å²) in [5, 5.41) is 0. The minimum atomic E-state index is -3.61. The highest BCUT2D eigenvalue weighted by Crippen LogP contribution is 2.29. The molecule has 0 aromatic heterocycles. The zero-order chi connectivity index (χ0) is 18.7. The molecule has 0 bridgehead atoms. The van der Waals surface area contributed by atoms with E-state index in [1.165, 1.54) is 11.4 Å². The zero-order valence-corrected chi connectivity index (χ0v) is 16.7. The van der Waals surface area contributed by atoms with Gasteiger partial charge in [-0.05, 0) is 30.0 Å². The van der Waals surface area contributed by atoms with Crippen LogP contribution in [0.4, 0.5) is 0 Å². The number of methoxy groups -OCH3 is 1. The predicted molar refractivity (Wildman–Crippen MR) is 98.6 cm³/mol. The minimum Gasteiger partial charge on any atom is -0.495 e. The summed E-state index contributed by atoms with van der Waals surface area (Å²) in [5.41, 5.74) is 0.719. The molecule has 0 amide bonds. The molecule has 7 heteroatoms. The van der Waals surface area contributed by atoms with Crippen molar-refractivity contribution < 1.29 is 17.9 Å². The van der Waals surface area contributed by atoms with E-state index < -0.39 is 10.0 Å². The summed E-state index contributed by atoms with van der Waals surface area (Å²) >= 11 is 0. The van der Waals surface area contributed by atoms with Crippen LogP contribution in [-0.2, 0) is 14.8 Å². The fourth-order valence-corrected chi connectivity index (χ4v) is 4.85. The Morgan fingerprint density at radius 3 is 2.52 bits per heavy atom. The number of ether oxygens (including phenoxy) is 2. The third-order valence-corrected chi connectivity index (χ3v) is 6.24. The van der Waals surface area contributed by atoms with E-state index in [0.29, 0.717) is 12.3 Å². The third kappa shape index (κ3) is 5.17. The Labute approximate surface area is 151 Å². The summed E-state index contributed by atoms with van der Waals surface area (Å²) in [5.74, 6) is 0.378. The van der Waals surface area contributed by atoms with E-state index in [-0.39, 0.29) is 10.3 Å². The van der Waals surface area contributed by atoms with Crippen molar-refractivity contribution in [2.24, 2.45) is 5.41 Å². The molecule has 25 heavy (non-hydrogen) atoms. The number of benzene rings is 1. The monoisotopic (exact) mass is 370 g/mol. The molecule has 1 fully saturated rings. The second kappa shape index (κ2) is 8.03. The summed E-state index contributed by atoms with van der Waals surface area (Å²) in [7, 11) is -0.484. The first-order valence-corrected chi connectivity index (χ1v) is 10.0. The summed E-state index contributed by atoms with van der Waals surface area (Å²) in [6.07, 6.45) is 0. The van der Waals surface area contributed by atoms with Crippen LogP contribution in [-0.4, -0.2) is 71.2 Å². The topological polar surface area (TPSA) is 59.1 Å². The number of hydrogen-bond donors (Lipinski definition) is 0. The Hall–Kier alpha value is -1.15. The largest absolute Gasteiger partial charge is 0.495 e. The van der Waals surface area contributed by atoms with Crippen molar-refractivity contribution in [2.45, 2.75) is 25.7 Å². The van der Waals surface area contributed by atoms with E-state index >= 15 is 0 Å². The standard InChI is InChI=1S/C18H30N2O4S/c1-15-6-7-16(23-5)17(12-15)25(21,22)19(4)13-18(2,3)14-20-8-10-24-11-9-20/h6-7,12H,8-11,13-14H2,1-5H3. The number of nitrogens with zero attached hydrogens (tertiary/aromatic N) is 2. The van der Waals surface area contributed by atoms with Gasteiger partial charge in [-0.15, -0.1) is 0 Å². The smallest absolute Gasteiger partial charge is 0.246 e. The number of aryl methyl sites for hydroxylation is 1. The molecule has 0 radical (unpaired) electrons. The van der Waals surface area contributed by atoms with Crippen molar-refractivity contribution in [1.82, 2.24) is 9.21 Å². The van der Waals surface area contributed by atoms with Crippen LogP contribution < -0.4 is 4.74 Å². The van der Waals surface area contributed by atoms with Gasteiger partial charge >= 0.3 is 0 Å². The lowest BCUT2D eigenvalue weighted by atomic mass is 9.92. The van der Waals surface area contributed by atoms with Crippen LogP contribution in [0.1, 0.15) is 19.4 Å². The van der Waals surface area contributed by atoms with Crippen molar-refractivity contribution >= 4 is 10.0 Å². The number of sulfonamides is 1. The molecule has 0 unspecified atom stereocenters. The van der Waals surface area contributed by atoms with Crippen molar-refractivity contribution in [2.75, 3.05) is 53.6 Å². The lowest BCUT2D eigenvalue weighted by Gasteiger charge is -2.36. The first kappa shape index (κ1) is 20.2. The molecule has 142 valence electrons. The van der Waals surface area contributed by atoms with Crippen LogP contribution in [0, 0.1) is 12.3 Å². The van der Waals surface area contributed by atoms with Gasteiger partial charge in [0.15, 0.2) is 0 Å². The third-order valence-electron chi connectivity index (χ3n) is 4.41. The normalized spacial score (nSPS) is 17.0. The molecule has 1 heterocycles. The predicted octanol–water partition coefficient (Wildman–Crippen LogP) is 1.98. The maximum Gasteiger partial charge on any atom is 0.246 e. The fourth-order valence-electron chi connectivity index (χ4n) is 3.26. The molecule has 1 aromatic carbocycles. The van der Waals surface area contributed by atoms with Gasteiger partial charge in [0, 0.05) is 33.2 Å². The molecular formula is C18H30N2O4S. The van der Waals surface area contributed by atoms with E-state index in [9.17, 15) is 8.42 Å². The number of rotatable bonds is 7. The first-order valence-electron chi connectivity index (χ1n) is 8.57. The van der Waals surface area contributed by atoms with Crippen LogP contribution in [0.25, 0.3) is 0 Å². The fraction of sp³-hybridized carbons (Fsp3) is 0.667. The van der Waals surface area contributed by atoms with Gasteiger partial charge in [0.25, 0.3) is 0 Å². The molecule has 0 saturated carbocycles.